The first-order chi connectivity index (χ1) is 5.66. The van der Waals surface area contributed by atoms with Crippen molar-refractivity contribution in [2.45, 2.75) is 5.88 Å². The second-order valence-electron chi connectivity index (χ2n) is 2.49. The van der Waals surface area contributed by atoms with E-state index in [9.17, 15) is 0 Å². The van der Waals surface area contributed by atoms with Crippen LogP contribution in [-0.4, -0.2) is 24.1 Å². The minimum atomic E-state index is 0.327. The van der Waals surface area contributed by atoms with E-state index in [4.69, 9.17) is 23.2 Å². The summed E-state index contributed by atoms with van der Waals surface area (Å²) in [6.07, 6.45) is 1.42. The van der Waals surface area contributed by atoms with Gasteiger partial charge in [0.05, 0.1) is 5.88 Å². The molecule has 3 nitrogen and oxygen atoms in total. The Morgan fingerprint density at radius 3 is 2.50 bits per heavy atom. The molecular formula is C7H9Cl2N3. The third-order valence-corrected chi connectivity index (χ3v) is 2.02. The Hall–Kier alpha value is -0.540. The molecule has 0 N–H and O–H groups in total. The lowest BCUT2D eigenvalue weighted by Crippen LogP contribution is -2.13. The molecule has 0 fully saturated rings. The first kappa shape index (κ1) is 9.55. The highest BCUT2D eigenvalue weighted by molar-refractivity contribution is 6.31. The summed E-state index contributed by atoms with van der Waals surface area (Å²) in [5, 5.41) is 0.420. The Morgan fingerprint density at radius 2 is 2.08 bits per heavy atom. The Morgan fingerprint density at radius 1 is 1.42 bits per heavy atom. The standard InChI is InChI=1S/C7H9Cl2N3/c1-12(2)7-5(3-8)6(9)10-4-11-7/h4H,3H2,1-2H3. The number of nitrogens with zero attached hydrogens (tertiary/aromatic N) is 3. The van der Waals surface area contributed by atoms with Crippen molar-refractivity contribution in [3.63, 3.8) is 0 Å². The smallest absolute Gasteiger partial charge is 0.138 e. The van der Waals surface area contributed by atoms with E-state index >= 15 is 0 Å². The average Bonchev–Trinajstić information content (AvgIpc) is 2.03. The quantitative estimate of drug-likeness (QED) is 0.546. The third-order valence-electron chi connectivity index (χ3n) is 1.43. The molecular weight excluding hydrogens is 197 g/mol. The lowest BCUT2D eigenvalue weighted by Gasteiger charge is -2.14. The van der Waals surface area contributed by atoms with Gasteiger partial charge in [0.25, 0.3) is 0 Å². The molecule has 66 valence electrons. The Labute approximate surface area is 81.3 Å². The van der Waals surface area contributed by atoms with Gasteiger partial charge in [-0.25, -0.2) is 9.97 Å². The zero-order valence-corrected chi connectivity index (χ0v) is 8.39. The monoisotopic (exact) mass is 205 g/mol. The van der Waals surface area contributed by atoms with Gasteiger partial charge >= 0.3 is 0 Å². The number of hydrogen-bond acceptors (Lipinski definition) is 3. The van der Waals surface area contributed by atoms with Gasteiger partial charge in [0, 0.05) is 19.7 Å². The predicted octanol–water partition coefficient (Wildman–Crippen LogP) is 1.93. The average molecular weight is 206 g/mol. The van der Waals surface area contributed by atoms with Crippen molar-refractivity contribution in [2.75, 3.05) is 19.0 Å². The fourth-order valence-corrected chi connectivity index (χ4v) is 1.39. The molecule has 0 spiro atoms. The molecule has 12 heavy (non-hydrogen) atoms. The van der Waals surface area contributed by atoms with E-state index in [-0.39, 0.29) is 0 Å². The van der Waals surface area contributed by atoms with Gasteiger partial charge in [-0.2, -0.15) is 0 Å². The van der Waals surface area contributed by atoms with E-state index in [1.807, 2.05) is 19.0 Å². The van der Waals surface area contributed by atoms with Gasteiger partial charge in [-0.3, -0.25) is 0 Å². The SMILES string of the molecule is CN(C)c1ncnc(Cl)c1CCl. The summed E-state index contributed by atoms with van der Waals surface area (Å²) in [4.78, 5) is 9.74. The summed E-state index contributed by atoms with van der Waals surface area (Å²) in [5.41, 5.74) is 0.769. The highest BCUT2D eigenvalue weighted by Crippen LogP contribution is 2.22. The summed E-state index contributed by atoms with van der Waals surface area (Å²) >= 11 is 11.5. The largest absolute Gasteiger partial charge is 0.362 e. The number of anilines is 1. The normalized spacial score (nSPS) is 10.0. The number of halogens is 2. The van der Waals surface area contributed by atoms with Gasteiger partial charge < -0.3 is 4.90 Å². The molecule has 1 aromatic rings. The second-order valence-corrected chi connectivity index (χ2v) is 3.12. The molecule has 0 amide bonds. The summed E-state index contributed by atoms with van der Waals surface area (Å²) in [7, 11) is 3.77. The summed E-state index contributed by atoms with van der Waals surface area (Å²) in [6.45, 7) is 0. The van der Waals surface area contributed by atoms with Gasteiger partial charge in [-0.1, -0.05) is 11.6 Å². The van der Waals surface area contributed by atoms with Crippen molar-refractivity contribution in [1.29, 1.82) is 0 Å². The van der Waals surface area contributed by atoms with Crippen LogP contribution in [0.3, 0.4) is 0 Å². The fourth-order valence-electron chi connectivity index (χ4n) is 0.883. The zero-order chi connectivity index (χ0) is 9.14. The molecule has 1 rings (SSSR count). The molecule has 0 saturated heterocycles. The fraction of sp³-hybridized carbons (Fsp3) is 0.429. The zero-order valence-electron chi connectivity index (χ0n) is 6.88. The molecule has 0 unspecified atom stereocenters. The van der Waals surface area contributed by atoms with Gasteiger partial charge in [0.15, 0.2) is 0 Å². The minimum absolute atomic E-state index is 0.327. The van der Waals surface area contributed by atoms with Gasteiger partial charge in [-0.05, 0) is 0 Å². The van der Waals surface area contributed by atoms with E-state index in [0.29, 0.717) is 11.0 Å². The van der Waals surface area contributed by atoms with E-state index in [2.05, 4.69) is 9.97 Å². The van der Waals surface area contributed by atoms with Crippen LogP contribution in [0.5, 0.6) is 0 Å². The third kappa shape index (κ3) is 1.79. The molecule has 5 heteroatoms. The molecule has 0 aromatic carbocycles. The lowest BCUT2D eigenvalue weighted by atomic mass is 10.3. The molecule has 0 atom stereocenters. The van der Waals surface area contributed by atoms with Crippen molar-refractivity contribution in [3.05, 3.63) is 17.0 Å². The summed E-state index contributed by atoms with van der Waals surface area (Å²) in [5.74, 6) is 1.10. The van der Waals surface area contributed by atoms with Crippen LogP contribution in [0.25, 0.3) is 0 Å². The molecule has 0 radical (unpaired) electrons. The first-order valence-electron chi connectivity index (χ1n) is 3.39. The highest BCUT2D eigenvalue weighted by atomic mass is 35.5. The summed E-state index contributed by atoms with van der Waals surface area (Å²) in [6, 6.07) is 0. The van der Waals surface area contributed by atoms with Gasteiger partial charge in [0.2, 0.25) is 0 Å². The van der Waals surface area contributed by atoms with Crippen LogP contribution in [0.2, 0.25) is 5.15 Å². The van der Waals surface area contributed by atoms with Gasteiger partial charge in [-0.15, -0.1) is 11.6 Å². The first-order valence-corrected chi connectivity index (χ1v) is 4.30. The Balaban J connectivity index is 3.18. The maximum Gasteiger partial charge on any atom is 0.138 e. The molecule has 0 aliphatic rings. The Kier molecular flexibility index (Phi) is 3.12. The van der Waals surface area contributed by atoms with Crippen LogP contribution in [0.1, 0.15) is 5.56 Å². The van der Waals surface area contributed by atoms with Crippen LogP contribution in [0, 0.1) is 0 Å². The maximum absolute atomic E-state index is 5.81. The van der Waals surface area contributed by atoms with Crippen molar-refractivity contribution in [3.8, 4) is 0 Å². The van der Waals surface area contributed by atoms with E-state index < -0.39 is 0 Å². The number of aromatic nitrogens is 2. The minimum Gasteiger partial charge on any atom is -0.362 e. The highest BCUT2D eigenvalue weighted by Gasteiger charge is 2.09. The van der Waals surface area contributed by atoms with Crippen LogP contribution in [0.4, 0.5) is 5.82 Å². The maximum atomic E-state index is 5.81. The van der Waals surface area contributed by atoms with E-state index in [1.165, 1.54) is 6.33 Å². The molecule has 1 heterocycles. The second kappa shape index (κ2) is 3.92. The molecule has 0 bridgehead atoms. The van der Waals surface area contributed by atoms with Crippen molar-refractivity contribution >= 4 is 29.0 Å². The van der Waals surface area contributed by atoms with Crippen molar-refractivity contribution < 1.29 is 0 Å². The van der Waals surface area contributed by atoms with E-state index in [0.717, 1.165) is 11.4 Å². The van der Waals surface area contributed by atoms with Crippen LogP contribution in [-0.2, 0) is 5.88 Å². The van der Waals surface area contributed by atoms with Crippen LogP contribution in [0.15, 0.2) is 6.33 Å². The molecule has 0 saturated carbocycles. The van der Waals surface area contributed by atoms with Crippen LogP contribution < -0.4 is 4.90 Å². The number of rotatable bonds is 2. The molecule has 0 aliphatic heterocycles. The van der Waals surface area contributed by atoms with E-state index in [1.54, 1.807) is 0 Å². The lowest BCUT2D eigenvalue weighted by molar-refractivity contribution is 1.01. The predicted molar refractivity (Wildman–Crippen MR) is 50.9 cm³/mol. The molecule has 1 aromatic heterocycles. The van der Waals surface area contributed by atoms with Crippen molar-refractivity contribution in [1.82, 2.24) is 9.97 Å². The number of hydrogen-bond donors (Lipinski definition) is 0. The van der Waals surface area contributed by atoms with Crippen LogP contribution >= 0.6 is 23.2 Å². The molecule has 0 aliphatic carbocycles. The summed E-state index contributed by atoms with van der Waals surface area (Å²) < 4.78 is 0. The number of alkyl halides is 1. The van der Waals surface area contributed by atoms with Gasteiger partial charge in [0.1, 0.15) is 17.3 Å². The Bertz CT molecular complexity index is 275. The topological polar surface area (TPSA) is 29.0 Å². The van der Waals surface area contributed by atoms with Crippen molar-refractivity contribution in [2.24, 2.45) is 0 Å².